The lowest BCUT2D eigenvalue weighted by molar-refractivity contribution is -0.133. The van der Waals surface area contributed by atoms with Crippen LogP contribution in [0.25, 0.3) is 10.8 Å². The van der Waals surface area contributed by atoms with Crippen LogP contribution in [0.4, 0.5) is 10.5 Å². The van der Waals surface area contributed by atoms with E-state index in [0.29, 0.717) is 11.3 Å². The number of benzene rings is 3. The highest BCUT2D eigenvalue weighted by molar-refractivity contribution is 6.10. The molecule has 1 atom stereocenters. The van der Waals surface area contributed by atoms with E-state index in [2.05, 4.69) is 17.6 Å². The van der Waals surface area contributed by atoms with E-state index in [-0.39, 0.29) is 6.54 Å². The van der Waals surface area contributed by atoms with E-state index >= 15 is 0 Å². The molecule has 1 saturated heterocycles. The number of amides is 4. The van der Waals surface area contributed by atoms with Gasteiger partial charge in [-0.1, -0.05) is 61.9 Å². The number of imide groups is 1. The van der Waals surface area contributed by atoms with Crippen molar-refractivity contribution in [2.75, 3.05) is 11.9 Å². The van der Waals surface area contributed by atoms with Crippen LogP contribution in [0.5, 0.6) is 0 Å². The molecule has 1 aliphatic rings. The summed E-state index contributed by atoms with van der Waals surface area (Å²) >= 11 is 0. The van der Waals surface area contributed by atoms with Gasteiger partial charge in [-0.15, -0.1) is 0 Å². The van der Waals surface area contributed by atoms with Gasteiger partial charge in [-0.25, -0.2) is 4.79 Å². The summed E-state index contributed by atoms with van der Waals surface area (Å²) in [5.74, 6) is -0.865. The van der Waals surface area contributed by atoms with Gasteiger partial charge in [0.25, 0.3) is 5.91 Å². The maximum absolute atomic E-state index is 13.1. The molecule has 0 aromatic heterocycles. The number of rotatable bonds is 6. The van der Waals surface area contributed by atoms with Crippen molar-refractivity contribution in [3.05, 3.63) is 77.9 Å². The maximum Gasteiger partial charge on any atom is 0.325 e. The summed E-state index contributed by atoms with van der Waals surface area (Å²) in [6.07, 6.45) is 2.03. The van der Waals surface area contributed by atoms with Crippen LogP contribution in [0.1, 0.15) is 31.4 Å². The van der Waals surface area contributed by atoms with Gasteiger partial charge in [-0.2, -0.15) is 0 Å². The molecule has 4 amide bonds. The van der Waals surface area contributed by atoms with Gasteiger partial charge in [-0.3, -0.25) is 14.5 Å². The zero-order valence-corrected chi connectivity index (χ0v) is 17.6. The Morgan fingerprint density at radius 3 is 2.42 bits per heavy atom. The van der Waals surface area contributed by atoms with Crippen LogP contribution in [0.3, 0.4) is 0 Å². The lowest BCUT2D eigenvalue weighted by atomic mass is 9.90. The third kappa shape index (κ3) is 4.01. The van der Waals surface area contributed by atoms with Crippen molar-refractivity contribution < 1.29 is 14.4 Å². The summed E-state index contributed by atoms with van der Waals surface area (Å²) < 4.78 is 0. The van der Waals surface area contributed by atoms with Gasteiger partial charge in [0.15, 0.2) is 0 Å². The van der Waals surface area contributed by atoms with Crippen LogP contribution >= 0.6 is 0 Å². The van der Waals surface area contributed by atoms with Gasteiger partial charge < -0.3 is 10.6 Å². The van der Waals surface area contributed by atoms with Crippen LogP contribution in [0, 0.1) is 0 Å². The molecule has 0 aliphatic carbocycles. The highest BCUT2D eigenvalue weighted by Gasteiger charge is 2.49. The second-order valence-electron chi connectivity index (χ2n) is 8.00. The van der Waals surface area contributed by atoms with Gasteiger partial charge >= 0.3 is 6.03 Å². The highest BCUT2D eigenvalue weighted by Crippen LogP contribution is 2.31. The zero-order chi connectivity index (χ0) is 22.0. The van der Waals surface area contributed by atoms with E-state index in [4.69, 9.17) is 0 Å². The van der Waals surface area contributed by atoms with Gasteiger partial charge in [0, 0.05) is 5.69 Å². The first-order valence-corrected chi connectivity index (χ1v) is 10.4. The molecule has 1 aliphatic heterocycles. The first-order valence-electron chi connectivity index (χ1n) is 10.4. The molecule has 6 heteroatoms. The predicted octanol–water partition coefficient (Wildman–Crippen LogP) is 4.20. The number of aryl methyl sites for hydroxylation is 1. The first kappa shape index (κ1) is 20.6. The van der Waals surface area contributed by atoms with Crippen LogP contribution in [0.15, 0.2) is 66.7 Å². The Hall–Kier alpha value is -3.67. The van der Waals surface area contributed by atoms with Crippen molar-refractivity contribution in [3.8, 4) is 0 Å². The summed E-state index contributed by atoms with van der Waals surface area (Å²) in [5.41, 5.74) is 1.29. The van der Waals surface area contributed by atoms with Gasteiger partial charge in [0.2, 0.25) is 5.91 Å². The smallest absolute Gasteiger partial charge is 0.325 e. The standard InChI is InChI=1S/C25H25N3O3/c1-3-6-17-9-13-21(14-10-17)26-22(29)16-28-23(30)25(2,27-24(28)31)20-12-11-18-7-4-5-8-19(18)15-20/h4-5,7-15H,3,6,16H2,1-2H3,(H,26,29)(H,27,31). The Morgan fingerprint density at radius 1 is 1.00 bits per heavy atom. The molecule has 1 unspecified atom stereocenters. The SMILES string of the molecule is CCCc1ccc(NC(=O)CN2C(=O)NC(C)(c3ccc4ccccc4c3)C2=O)cc1. The minimum absolute atomic E-state index is 0.343. The second-order valence-corrected chi connectivity index (χ2v) is 8.00. The second kappa shape index (κ2) is 8.22. The number of anilines is 1. The number of nitrogens with zero attached hydrogens (tertiary/aromatic N) is 1. The maximum atomic E-state index is 13.1. The summed E-state index contributed by atoms with van der Waals surface area (Å²) in [5, 5.41) is 7.54. The van der Waals surface area contributed by atoms with Crippen LogP contribution in [0.2, 0.25) is 0 Å². The van der Waals surface area contributed by atoms with Crippen LogP contribution in [-0.4, -0.2) is 29.3 Å². The molecule has 0 saturated carbocycles. The molecule has 2 N–H and O–H groups in total. The molecule has 0 radical (unpaired) electrons. The predicted molar refractivity (Wildman–Crippen MR) is 121 cm³/mol. The first-order chi connectivity index (χ1) is 14.9. The summed E-state index contributed by atoms with van der Waals surface area (Å²) in [6, 6.07) is 20.5. The number of hydrogen-bond donors (Lipinski definition) is 2. The summed E-state index contributed by atoms with van der Waals surface area (Å²) in [4.78, 5) is 39.2. The average molecular weight is 415 g/mol. The third-order valence-electron chi connectivity index (χ3n) is 5.68. The Morgan fingerprint density at radius 2 is 1.71 bits per heavy atom. The fraction of sp³-hybridized carbons (Fsp3) is 0.240. The van der Waals surface area contributed by atoms with E-state index in [1.165, 1.54) is 5.56 Å². The molecule has 1 fully saturated rings. The van der Waals surface area contributed by atoms with E-state index < -0.39 is 23.4 Å². The van der Waals surface area contributed by atoms with Crippen molar-refractivity contribution in [2.24, 2.45) is 0 Å². The number of fused-ring (bicyclic) bond motifs is 1. The molecule has 1 heterocycles. The quantitative estimate of drug-likeness (QED) is 0.593. The largest absolute Gasteiger partial charge is 0.325 e. The lowest BCUT2D eigenvalue weighted by Crippen LogP contribution is -2.42. The van der Waals surface area contributed by atoms with Crippen LogP contribution < -0.4 is 10.6 Å². The van der Waals surface area contributed by atoms with Crippen molar-refractivity contribution in [2.45, 2.75) is 32.2 Å². The molecule has 31 heavy (non-hydrogen) atoms. The van der Waals surface area contributed by atoms with E-state index in [1.807, 2.05) is 66.7 Å². The number of urea groups is 1. The zero-order valence-electron chi connectivity index (χ0n) is 17.6. The fourth-order valence-corrected chi connectivity index (χ4v) is 3.92. The summed E-state index contributed by atoms with van der Waals surface area (Å²) in [7, 11) is 0. The molecule has 3 aromatic carbocycles. The number of carbonyl (C=O) groups excluding carboxylic acids is 3. The Labute approximate surface area is 181 Å². The molecular weight excluding hydrogens is 390 g/mol. The van der Waals surface area contributed by atoms with Crippen molar-refractivity contribution >= 4 is 34.3 Å². The molecule has 3 aromatic rings. The van der Waals surface area contributed by atoms with E-state index in [9.17, 15) is 14.4 Å². The van der Waals surface area contributed by atoms with E-state index in [0.717, 1.165) is 28.5 Å². The topological polar surface area (TPSA) is 78.5 Å². The molecule has 0 spiro atoms. The monoisotopic (exact) mass is 415 g/mol. The Balaban J connectivity index is 1.48. The number of carbonyl (C=O) groups is 3. The number of hydrogen-bond acceptors (Lipinski definition) is 3. The van der Waals surface area contributed by atoms with Crippen molar-refractivity contribution in [1.82, 2.24) is 10.2 Å². The van der Waals surface area contributed by atoms with Gasteiger partial charge in [0.1, 0.15) is 12.1 Å². The third-order valence-corrected chi connectivity index (χ3v) is 5.68. The molecule has 4 rings (SSSR count). The minimum Gasteiger partial charge on any atom is -0.325 e. The average Bonchev–Trinajstić information content (AvgIpc) is 2.99. The Bertz CT molecular complexity index is 1160. The lowest BCUT2D eigenvalue weighted by Gasteiger charge is -2.22. The molecule has 0 bridgehead atoms. The van der Waals surface area contributed by atoms with E-state index in [1.54, 1.807) is 6.92 Å². The Kier molecular flexibility index (Phi) is 5.46. The normalized spacial score (nSPS) is 18.3. The highest BCUT2D eigenvalue weighted by atomic mass is 16.2. The van der Waals surface area contributed by atoms with Crippen molar-refractivity contribution in [1.29, 1.82) is 0 Å². The molecule has 158 valence electrons. The molecular formula is C25H25N3O3. The fourth-order valence-electron chi connectivity index (χ4n) is 3.92. The van der Waals surface area contributed by atoms with Crippen LogP contribution in [-0.2, 0) is 21.5 Å². The van der Waals surface area contributed by atoms with Gasteiger partial charge in [-0.05, 0) is 53.4 Å². The molecule has 6 nitrogen and oxygen atoms in total. The van der Waals surface area contributed by atoms with Crippen molar-refractivity contribution in [3.63, 3.8) is 0 Å². The number of nitrogens with one attached hydrogen (secondary N) is 2. The summed E-state index contributed by atoms with van der Waals surface area (Å²) in [6.45, 7) is 3.44. The minimum atomic E-state index is -1.22. The van der Waals surface area contributed by atoms with Gasteiger partial charge in [0.05, 0.1) is 0 Å².